The van der Waals surface area contributed by atoms with Crippen LogP contribution in [0.15, 0.2) is 24.3 Å². The molecule has 9 heteroatoms. The van der Waals surface area contributed by atoms with E-state index >= 15 is 0 Å². The molecular formula is C29H48N4O5. The van der Waals surface area contributed by atoms with E-state index in [0.29, 0.717) is 25.0 Å². The molecule has 2 N–H and O–H groups in total. The summed E-state index contributed by atoms with van der Waals surface area (Å²) in [5.41, 5.74) is 5.26. The van der Waals surface area contributed by atoms with E-state index in [2.05, 4.69) is 60.4 Å². The fourth-order valence-corrected chi connectivity index (χ4v) is 5.03. The van der Waals surface area contributed by atoms with Crippen LogP contribution < -0.4 is 10.3 Å². The Labute approximate surface area is 228 Å². The third kappa shape index (κ3) is 10.5. The Bertz CT molecular complexity index is 924. The van der Waals surface area contributed by atoms with Gasteiger partial charge < -0.3 is 19.6 Å². The smallest absolute Gasteiger partial charge is 0.410 e. The first-order valence-corrected chi connectivity index (χ1v) is 13.6. The number of benzene rings is 1. The molecule has 0 radical (unpaired) electrons. The molecule has 1 aromatic rings. The van der Waals surface area contributed by atoms with Gasteiger partial charge in [0, 0.05) is 58.3 Å². The van der Waals surface area contributed by atoms with Crippen molar-refractivity contribution in [1.82, 2.24) is 15.3 Å². The Morgan fingerprint density at radius 3 is 1.97 bits per heavy atom. The summed E-state index contributed by atoms with van der Waals surface area (Å²) >= 11 is 0. The quantitative estimate of drug-likeness (QED) is 0.586. The number of hydrogen-bond donors (Lipinski definition) is 2. The second-order valence-corrected chi connectivity index (χ2v) is 12.5. The first kappa shape index (κ1) is 31.4. The highest BCUT2D eigenvalue weighted by atomic mass is 16.6. The van der Waals surface area contributed by atoms with Gasteiger partial charge in [0.25, 0.3) is 5.97 Å². The fourth-order valence-electron chi connectivity index (χ4n) is 5.03. The number of nitrogens with one attached hydrogen (secondary N) is 1. The Hall–Kier alpha value is -2.81. The number of piperidine rings is 1. The standard InChI is InChI=1S/C27H44N4O3.C2H4O2/c1-20(32)28-31-13-12-22(19-24(31)26(2,3)4)18-21-8-10-23(11-9-21)29-14-16-30(17-15-29)25(33)34-27(5,6)7;1-2(3)4/h8-11,22,24H,12-19H2,1-7H3,(H,28,32);1H3,(H,3,4). The molecule has 2 amide bonds. The van der Waals surface area contributed by atoms with Gasteiger partial charge >= 0.3 is 6.09 Å². The maximum atomic E-state index is 12.3. The van der Waals surface area contributed by atoms with E-state index in [1.807, 2.05) is 20.8 Å². The molecule has 2 aliphatic rings. The van der Waals surface area contributed by atoms with Gasteiger partial charge in [-0.15, -0.1) is 0 Å². The lowest BCUT2D eigenvalue weighted by Gasteiger charge is -2.45. The van der Waals surface area contributed by atoms with Crippen molar-refractivity contribution < 1.29 is 24.2 Å². The lowest BCUT2D eigenvalue weighted by atomic mass is 9.76. The number of carboxylic acid groups (broad SMARTS) is 1. The number of anilines is 1. The number of piperazine rings is 1. The van der Waals surface area contributed by atoms with Crippen LogP contribution in [0.2, 0.25) is 0 Å². The lowest BCUT2D eigenvalue weighted by Crippen LogP contribution is -2.56. The highest BCUT2D eigenvalue weighted by Crippen LogP contribution is 2.35. The Balaban J connectivity index is 0.00000118. The van der Waals surface area contributed by atoms with Gasteiger partial charge in [-0.25, -0.2) is 9.80 Å². The normalized spacial score (nSPS) is 20.7. The third-order valence-corrected chi connectivity index (χ3v) is 6.77. The summed E-state index contributed by atoms with van der Waals surface area (Å²) in [6.45, 7) is 19.0. The van der Waals surface area contributed by atoms with E-state index in [-0.39, 0.29) is 17.4 Å². The predicted molar refractivity (Wildman–Crippen MR) is 150 cm³/mol. The number of nitrogens with zero attached hydrogens (tertiary/aromatic N) is 3. The molecule has 0 spiro atoms. The zero-order valence-electron chi connectivity index (χ0n) is 24.5. The summed E-state index contributed by atoms with van der Waals surface area (Å²) in [4.78, 5) is 37.1. The van der Waals surface area contributed by atoms with E-state index in [9.17, 15) is 9.59 Å². The molecule has 2 aliphatic heterocycles. The van der Waals surface area contributed by atoms with Crippen LogP contribution in [0.5, 0.6) is 0 Å². The first-order valence-electron chi connectivity index (χ1n) is 13.6. The van der Waals surface area contributed by atoms with E-state index in [1.165, 1.54) is 11.3 Å². The van der Waals surface area contributed by atoms with Gasteiger partial charge in [0.2, 0.25) is 5.91 Å². The van der Waals surface area contributed by atoms with Gasteiger partial charge in [-0.2, -0.15) is 0 Å². The van der Waals surface area contributed by atoms with E-state index in [0.717, 1.165) is 45.8 Å². The molecule has 0 aliphatic carbocycles. The monoisotopic (exact) mass is 532 g/mol. The summed E-state index contributed by atoms with van der Waals surface area (Å²) in [5, 5.41) is 9.57. The lowest BCUT2D eigenvalue weighted by molar-refractivity contribution is -0.134. The molecule has 0 saturated carbocycles. The molecule has 2 atom stereocenters. The van der Waals surface area contributed by atoms with Gasteiger partial charge in [0.1, 0.15) is 5.60 Å². The molecule has 9 nitrogen and oxygen atoms in total. The molecule has 3 rings (SSSR count). The number of carboxylic acids is 1. The Kier molecular flexibility index (Phi) is 11.0. The van der Waals surface area contributed by atoms with Crippen molar-refractivity contribution in [2.75, 3.05) is 37.6 Å². The second kappa shape index (κ2) is 13.3. The van der Waals surface area contributed by atoms with Gasteiger partial charge in [0.05, 0.1) is 0 Å². The van der Waals surface area contributed by atoms with Crippen molar-refractivity contribution in [2.24, 2.45) is 11.3 Å². The molecule has 2 heterocycles. The van der Waals surface area contributed by atoms with Crippen molar-refractivity contribution >= 4 is 23.7 Å². The van der Waals surface area contributed by atoms with Crippen LogP contribution in [0.1, 0.15) is 73.8 Å². The minimum Gasteiger partial charge on any atom is -0.481 e. The summed E-state index contributed by atoms with van der Waals surface area (Å²) in [5.74, 6) is -0.215. The summed E-state index contributed by atoms with van der Waals surface area (Å²) in [6.07, 6.45) is 3.01. The SMILES string of the molecule is CC(=O)NN1CCC(Cc2ccc(N3CCN(C(=O)OC(C)(C)C)CC3)cc2)CC1C(C)(C)C.CC(=O)O. The number of ether oxygens (including phenoxy) is 1. The van der Waals surface area contributed by atoms with Gasteiger partial charge in [0.15, 0.2) is 0 Å². The molecule has 2 fully saturated rings. The summed E-state index contributed by atoms with van der Waals surface area (Å²) < 4.78 is 5.50. The number of hydrazine groups is 1. The summed E-state index contributed by atoms with van der Waals surface area (Å²) in [6, 6.07) is 9.26. The van der Waals surface area contributed by atoms with Gasteiger partial charge in [-0.1, -0.05) is 32.9 Å². The highest BCUT2D eigenvalue weighted by molar-refractivity contribution is 5.72. The fraction of sp³-hybridized carbons (Fsp3) is 0.690. The van der Waals surface area contributed by atoms with Crippen LogP contribution >= 0.6 is 0 Å². The first-order chi connectivity index (χ1) is 17.5. The molecule has 214 valence electrons. The number of hydrogen-bond acceptors (Lipinski definition) is 6. The van der Waals surface area contributed by atoms with Crippen molar-refractivity contribution in [1.29, 1.82) is 0 Å². The minimum absolute atomic E-state index is 0.00946. The average Bonchev–Trinajstić information content (AvgIpc) is 2.78. The molecule has 2 saturated heterocycles. The molecule has 0 bridgehead atoms. The number of carbonyl (C=O) groups is 3. The van der Waals surface area contributed by atoms with Crippen LogP contribution in [-0.4, -0.2) is 77.4 Å². The van der Waals surface area contributed by atoms with Crippen LogP contribution in [0.4, 0.5) is 10.5 Å². The molecule has 1 aromatic carbocycles. The van der Waals surface area contributed by atoms with Crippen molar-refractivity contribution in [3.63, 3.8) is 0 Å². The number of aliphatic carboxylic acids is 1. The van der Waals surface area contributed by atoms with Gasteiger partial charge in [-0.05, 0) is 69.1 Å². The Morgan fingerprint density at radius 1 is 0.947 bits per heavy atom. The van der Waals surface area contributed by atoms with E-state index < -0.39 is 11.6 Å². The van der Waals surface area contributed by atoms with E-state index in [1.54, 1.807) is 11.8 Å². The van der Waals surface area contributed by atoms with Crippen LogP contribution in [0.3, 0.4) is 0 Å². The van der Waals surface area contributed by atoms with Gasteiger partial charge in [-0.3, -0.25) is 15.0 Å². The summed E-state index contributed by atoms with van der Waals surface area (Å²) in [7, 11) is 0. The maximum absolute atomic E-state index is 12.3. The zero-order chi connectivity index (χ0) is 28.7. The molecular weight excluding hydrogens is 484 g/mol. The maximum Gasteiger partial charge on any atom is 0.410 e. The Morgan fingerprint density at radius 2 is 1.50 bits per heavy atom. The number of carbonyl (C=O) groups excluding carboxylic acids is 2. The third-order valence-electron chi connectivity index (χ3n) is 6.77. The average molecular weight is 533 g/mol. The molecule has 0 aromatic heterocycles. The molecule has 38 heavy (non-hydrogen) atoms. The van der Waals surface area contributed by atoms with E-state index in [4.69, 9.17) is 14.6 Å². The van der Waals surface area contributed by atoms with Crippen molar-refractivity contribution in [3.05, 3.63) is 29.8 Å². The predicted octanol–water partition coefficient (Wildman–Crippen LogP) is 4.55. The zero-order valence-corrected chi connectivity index (χ0v) is 24.5. The number of rotatable bonds is 4. The second-order valence-electron chi connectivity index (χ2n) is 12.5. The number of amides is 2. The highest BCUT2D eigenvalue weighted by Gasteiger charge is 2.36. The van der Waals surface area contributed by atoms with Crippen molar-refractivity contribution in [2.45, 2.75) is 86.3 Å². The molecule has 2 unspecified atom stereocenters. The minimum atomic E-state index is -0.833. The topological polar surface area (TPSA) is 102 Å². The van der Waals surface area contributed by atoms with Crippen LogP contribution in [0, 0.1) is 11.3 Å². The van der Waals surface area contributed by atoms with Crippen molar-refractivity contribution in [3.8, 4) is 0 Å². The van der Waals surface area contributed by atoms with Crippen LogP contribution in [-0.2, 0) is 20.7 Å². The van der Waals surface area contributed by atoms with Crippen LogP contribution in [0.25, 0.3) is 0 Å². The largest absolute Gasteiger partial charge is 0.481 e.